The van der Waals surface area contributed by atoms with E-state index >= 15 is 0 Å². The quantitative estimate of drug-likeness (QED) is 0.0581. The maximum absolute atomic E-state index is 13.7. The third-order valence-corrected chi connectivity index (χ3v) is 19.6. The highest BCUT2D eigenvalue weighted by Crippen LogP contribution is 2.50. The van der Waals surface area contributed by atoms with E-state index < -0.39 is 56.1 Å². The third kappa shape index (κ3) is 11.9. The Labute approximate surface area is 416 Å². The standard InChI is InChI=1S/C59H73NO9Si/c1-42(39-64-40-44-21-12-8-13-22-44)37-50(61)54-53(65-41-45-30-32-47(63-7)33-31-45)38-58(6,68-54)55(69-70(57(3,4)5,48-25-16-10-17-26-48)49-27-18-11-19-28-49)52-34-36-59(67-52)35-20-29-51(66-59)43(2)56(62)60-46-23-14-9-15-24-46/h8-19,21-28,30-33,43,50-55,61H,1,20,29,34-41H2,2-7H3,(H,60,62)/t43-,50-,51+,52+,53?,54-,55+,58-,59+/m1/s1. The van der Waals surface area contributed by atoms with Gasteiger partial charge in [0.1, 0.15) is 18.0 Å². The Morgan fingerprint density at radius 3 is 1.99 bits per heavy atom. The average Bonchev–Trinajstić information content (AvgIpc) is 3.94. The van der Waals surface area contributed by atoms with Crippen LogP contribution in [0.3, 0.4) is 0 Å². The molecule has 3 fully saturated rings. The highest BCUT2D eigenvalue weighted by atomic mass is 28.4. The maximum atomic E-state index is 13.7. The Kier molecular flexibility index (Phi) is 16.6. The van der Waals surface area contributed by atoms with Crippen molar-refractivity contribution in [3.05, 3.63) is 169 Å². The second kappa shape index (κ2) is 22.6. The van der Waals surface area contributed by atoms with Crippen LogP contribution < -0.4 is 20.4 Å². The number of benzene rings is 5. The first-order chi connectivity index (χ1) is 33.7. The van der Waals surface area contributed by atoms with Crippen molar-refractivity contribution in [2.24, 2.45) is 5.92 Å². The van der Waals surface area contributed by atoms with Crippen molar-refractivity contribution in [3.8, 4) is 5.75 Å². The van der Waals surface area contributed by atoms with E-state index in [1.165, 1.54) is 0 Å². The Morgan fingerprint density at radius 2 is 1.37 bits per heavy atom. The van der Waals surface area contributed by atoms with Gasteiger partial charge in [-0.05, 0) is 89.0 Å². The molecule has 3 aliphatic rings. The third-order valence-electron chi connectivity index (χ3n) is 14.6. The van der Waals surface area contributed by atoms with Gasteiger partial charge < -0.3 is 43.3 Å². The number of carbonyl (C=O) groups excluding carboxylic acids is 1. The lowest BCUT2D eigenvalue weighted by molar-refractivity contribution is -0.289. The van der Waals surface area contributed by atoms with Gasteiger partial charge in [0, 0.05) is 24.9 Å². The Bertz CT molecular complexity index is 2400. The first-order valence-electron chi connectivity index (χ1n) is 25.1. The van der Waals surface area contributed by atoms with Crippen molar-refractivity contribution in [1.29, 1.82) is 0 Å². The molecule has 8 rings (SSSR count). The molecule has 5 aromatic rings. The predicted molar refractivity (Wildman–Crippen MR) is 278 cm³/mol. The van der Waals surface area contributed by atoms with E-state index in [9.17, 15) is 9.90 Å². The van der Waals surface area contributed by atoms with Crippen LogP contribution in [0, 0.1) is 5.92 Å². The summed E-state index contributed by atoms with van der Waals surface area (Å²) in [7, 11) is -1.61. The summed E-state index contributed by atoms with van der Waals surface area (Å²) in [5, 5.41) is 17.3. The first-order valence-corrected chi connectivity index (χ1v) is 27.0. The summed E-state index contributed by atoms with van der Waals surface area (Å²) in [4.78, 5) is 13.7. The maximum Gasteiger partial charge on any atom is 0.261 e. The lowest BCUT2D eigenvalue weighted by Crippen LogP contribution is -2.70. The van der Waals surface area contributed by atoms with E-state index in [4.69, 9.17) is 32.8 Å². The zero-order chi connectivity index (χ0) is 49.4. The number of rotatable bonds is 20. The van der Waals surface area contributed by atoms with Crippen LogP contribution in [0.15, 0.2) is 158 Å². The molecule has 1 spiro atoms. The Balaban J connectivity index is 1.13. The smallest absolute Gasteiger partial charge is 0.261 e. The van der Waals surface area contributed by atoms with Crippen LogP contribution in [-0.4, -0.2) is 81.1 Å². The lowest BCUT2D eigenvalue weighted by Gasteiger charge is -2.49. The summed E-state index contributed by atoms with van der Waals surface area (Å²) in [5.41, 5.74) is 2.52. The number of amides is 1. The molecule has 70 heavy (non-hydrogen) atoms. The molecule has 1 amide bonds. The van der Waals surface area contributed by atoms with Gasteiger partial charge in [0.2, 0.25) is 5.91 Å². The van der Waals surface area contributed by atoms with Crippen LogP contribution >= 0.6 is 0 Å². The number of carbonyl (C=O) groups is 1. The molecule has 3 heterocycles. The summed E-state index contributed by atoms with van der Waals surface area (Å²) in [5.74, 6) is -0.655. The lowest BCUT2D eigenvalue weighted by atomic mass is 9.88. The van der Waals surface area contributed by atoms with Crippen molar-refractivity contribution >= 4 is 30.3 Å². The topological polar surface area (TPSA) is 114 Å². The van der Waals surface area contributed by atoms with E-state index in [0.717, 1.165) is 51.4 Å². The van der Waals surface area contributed by atoms with Crippen LogP contribution in [0.25, 0.3) is 0 Å². The summed E-state index contributed by atoms with van der Waals surface area (Å²) in [6, 6.07) is 48.7. The van der Waals surface area contributed by atoms with E-state index in [2.05, 4.69) is 88.1 Å². The van der Waals surface area contributed by atoms with Crippen LogP contribution in [0.1, 0.15) is 90.7 Å². The van der Waals surface area contributed by atoms with Gasteiger partial charge in [0.25, 0.3) is 8.32 Å². The molecule has 5 aromatic carbocycles. The van der Waals surface area contributed by atoms with Gasteiger partial charge in [-0.25, -0.2) is 0 Å². The minimum absolute atomic E-state index is 0.0849. The normalized spacial score (nSPS) is 25.0. The number of para-hydroxylation sites is 1. The minimum Gasteiger partial charge on any atom is -0.497 e. The zero-order valence-corrected chi connectivity index (χ0v) is 42.9. The van der Waals surface area contributed by atoms with Crippen molar-refractivity contribution in [1.82, 2.24) is 0 Å². The van der Waals surface area contributed by atoms with Crippen molar-refractivity contribution < 1.29 is 42.7 Å². The Hall–Kier alpha value is -4.95. The number of nitrogens with one attached hydrogen (secondary N) is 1. The van der Waals surface area contributed by atoms with E-state index in [-0.39, 0.29) is 23.5 Å². The molecule has 0 radical (unpaired) electrons. The molecule has 0 bridgehead atoms. The molecular formula is C59H73NO9Si. The first kappa shape index (κ1) is 51.4. The highest BCUT2D eigenvalue weighted by molar-refractivity contribution is 6.99. The molecule has 10 nitrogen and oxygen atoms in total. The SMILES string of the molecule is C=C(COCc1ccccc1)C[C@@H](O)[C@H]1O[C@@](C)([C@@H](O[Si](c2ccccc2)(c2ccccc2)C(C)(C)C)[C@@H]2CC[C@]3(CCC[C@@H]([C@@H](C)C(=O)Nc4ccccc4)O3)O2)CC1OCc1ccc(OC)cc1. The van der Waals surface area contributed by atoms with Gasteiger partial charge in [-0.2, -0.15) is 0 Å². The van der Waals surface area contributed by atoms with Gasteiger partial charge in [0.15, 0.2) is 5.79 Å². The summed E-state index contributed by atoms with van der Waals surface area (Å²) in [6.07, 6.45) is 0.528. The van der Waals surface area contributed by atoms with Gasteiger partial charge in [-0.15, -0.1) is 0 Å². The minimum atomic E-state index is -3.26. The molecule has 3 aliphatic heterocycles. The number of anilines is 1. The fourth-order valence-electron chi connectivity index (χ4n) is 10.9. The van der Waals surface area contributed by atoms with Crippen LogP contribution in [0.2, 0.25) is 5.04 Å². The zero-order valence-electron chi connectivity index (χ0n) is 41.9. The van der Waals surface area contributed by atoms with E-state index in [0.29, 0.717) is 45.5 Å². The van der Waals surface area contributed by atoms with Gasteiger partial charge in [-0.3, -0.25) is 4.79 Å². The van der Waals surface area contributed by atoms with Crippen LogP contribution in [0.4, 0.5) is 5.69 Å². The second-order valence-corrected chi connectivity index (χ2v) is 25.0. The number of hydrogen-bond acceptors (Lipinski definition) is 9. The second-order valence-electron chi connectivity index (χ2n) is 20.8. The fraction of sp³-hybridized carbons (Fsp3) is 0.441. The van der Waals surface area contributed by atoms with E-state index in [1.54, 1.807) is 7.11 Å². The molecule has 0 aromatic heterocycles. The largest absolute Gasteiger partial charge is 0.497 e. The van der Waals surface area contributed by atoms with Gasteiger partial charge in [0.05, 0.1) is 62.9 Å². The molecule has 372 valence electrons. The fourth-order valence-corrected chi connectivity index (χ4v) is 15.7. The molecule has 9 atom stereocenters. The van der Waals surface area contributed by atoms with Crippen molar-refractivity contribution in [2.75, 3.05) is 19.0 Å². The van der Waals surface area contributed by atoms with Crippen LogP contribution in [-0.2, 0) is 46.1 Å². The highest BCUT2D eigenvalue weighted by Gasteiger charge is 2.61. The Morgan fingerprint density at radius 1 is 0.786 bits per heavy atom. The number of hydrogen-bond donors (Lipinski definition) is 2. The van der Waals surface area contributed by atoms with Gasteiger partial charge in [-0.1, -0.05) is 156 Å². The van der Waals surface area contributed by atoms with E-state index in [1.807, 2.05) is 104 Å². The average molecular weight is 968 g/mol. The summed E-state index contributed by atoms with van der Waals surface area (Å²) in [6.45, 7) is 16.3. The van der Waals surface area contributed by atoms with Crippen molar-refractivity contribution in [2.45, 2.75) is 146 Å². The van der Waals surface area contributed by atoms with Gasteiger partial charge >= 0.3 is 0 Å². The molecule has 1 unspecified atom stereocenters. The number of aliphatic hydroxyl groups is 1. The molecule has 0 aliphatic carbocycles. The number of aliphatic hydroxyl groups excluding tert-OH is 1. The molecule has 2 N–H and O–H groups in total. The molecule has 0 saturated carbocycles. The number of methoxy groups -OCH3 is 1. The van der Waals surface area contributed by atoms with Crippen molar-refractivity contribution in [3.63, 3.8) is 0 Å². The molecule has 11 heteroatoms. The van der Waals surface area contributed by atoms with Crippen LogP contribution in [0.5, 0.6) is 5.75 Å². The molecular weight excluding hydrogens is 895 g/mol. The summed E-state index contributed by atoms with van der Waals surface area (Å²) < 4.78 is 48.4. The molecule has 3 saturated heterocycles. The predicted octanol–water partition coefficient (Wildman–Crippen LogP) is 10.3. The number of ether oxygens (including phenoxy) is 6. The summed E-state index contributed by atoms with van der Waals surface area (Å²) >= 11 is 0. The monoisotopic (exact) mass is 968 g/mol.